The number of halogens is 1. The quantitative estimate of drug-likeness (QED) is 0.642. The minimum atomic E-state index is -0.488. The minimum absolute atomic E-state index is 0.0657. The number of hydrogen-bond donors (Lipinski definition) is 0. The van der Waals surface area contributed by atoms with Crippen LogP contribution in [0.3, 0.4) is 0 Å². The van der Waals surface area contributed by atoms with Crippen LogP contribution in [-0.4, -0.2) is 0 Å². The van der Waals surface area contributed by atoms with Crippen LogP contribution < -0.4 is 0 Å². The third kappa shape index (κ3) is 2.54. The fourth-order valence-electron chi connectivity index (χ4n) is 2.38. The average Bonchev–Trinajstić information content (AvgIpc) is 2.55. The van der Waals surface area contributed by atoms with Gasteiger partial charge in [-0.1, -0.05) is 60.7 Å². The van der Waals surface area contributed by atoms with Crippen molar-refractivity contribution in [3.8, 4) is 28.3 Å². The minimum Gasteiger partial charge on any atom is -0.206 e. The molecule has 0 saturated heterocycles. The lowest BCUT2D eigenvalue weighted by Crippen LogP contribution is -1.88. The molecule has 0 bridgehead atoms. The lowest BCUT2D eigenvalue weighted by Gasteiger charge is -2.10. The van der Waals surface area contributed by atoms with Crippen molar-refractivity contribution in [3.05, 3.63) is 84.2 Å². The van der Waals surface area contributed by atoms with Gasteiger partial charge in [-0.15, -0.1) is 0 Å². The van der Waals surface area contributed by atoms with Gasteiger partial charge in [0.25, 0.3) is 0 Å². The van der Waals surface area contributed by atoms with Crippen LogP contribution in [0.4, 0.5) is 4.39 Å². The van der Waals surface area contributed by atoms with Crippen molar-refractivity contribution in [2.75, 3.05) is 0 Å². The predicted molar refractivity (Wildman–Crippen MR) is 82.0 cm³/mol. The standard InChI is InChI=1S/C19H12FN/c20-19-12-15(10-11-16(19)13-21)18-9-5-4-8-17(18)14-6-2-1-3-7-14/h1-12H. The summed E-state index contributed by atoms with van der Waals surface area (Å²) < 4.78 is 13.8. The van der Waals surface area contributed by atoms with Gasteiger partial charge in [0, 0.05) is 0 Å². The Morgan fingerprint density at radius 3 is 1.95 bits per heavy atom. The fourth-order valence-corrected chi connectivity index (χ4v) is 2.38. The monoisotopic (exact) mass is 273 g/mol. The number of nitrogens with zero attached hydrogens (tertiary/aromatic N) is 1. The molecule has 0 atom stereocenters. The summed E-state index contributed by atoms with van der Waals surface area (Å²) in [6, 6.07) is 24.4. The molecule has 0 aliphatic rings. The first-order chi connectivity index (χ1) is 10.3. The molecule has 0 spiro atoms. The van der Waals surface area contributed by atoms with Crippen LogP contribution in [0.5, 0.6) is 0 Å². The maximum absolute atomic E-state index is 13.8. The molecule has 0 aromatic heterocycles. The second-order valence-corrected chi connectivity index (χ2v) is 4.72. The van der Waals surface area contributed by atoms with Gasteiger partial charge in [-0.25, -0.2) is 4.39 Å². The van der Waals surface area contributed by atoms with Crippen molar-refractivity contribution < 1.29 is 4.39 Å². The zero-order valence-electron chi connectivity index (χ0n) is 11.3. The van der Waals surface area contributed by atoms with E-state index in [1.807, 2.05) is 60.7 Å². The van der Waals surface area contributed by atoms with Crippen molar-refractivity contribution in [1.82, 2.24) is 0 Å². The van der Waals surface area contributed by atoms with E-state index in [1.54, 1.807) is 6.07 Å². The van der Waals surface area contributed by atoms with Crippen LogP contribution in [0.15, 0.2) is 72.8 Å². The Hall–Kier alpha value is -2.92. The first-order valence-electron chi connectivity index (χ1n) is 6.64. The third-order valence-corrected chi connectivity index (χ3v) is 3.41. The van der Waals surface area contributed by atoms with E-state index in [-0.39, 0.29) is 5.56 Å². The molecule has 0 saturated carbocycles. The number of rotatable bonds is 2. The Morgan fingerprint density at radius 1 is 0.714 bits per heavy atom. The first-order valence-corrected chi connectivity index (χ1v) is 6.64. The van der Waals surface area contributed by atoms with Gasteiger partial charge in [-0.3, -0.25) is 0 Å². The fraction of sp³-hybridized carbons (Fsp3) is 0. The van der Waals surface area contributed by atoms with Gasteiger partial charge in [0.05, 0.1) is 5.56 Å². The van der Waals surface area contributed by atoms with Crippen molar-refractivity contribution in [2.45, 2.75) is 0 Å². The van der Waals surface area contributed by atoms with Gasteiger partial charge in [0.15, 0.2) is 0 Å². The molecule has 0 N–H and O–H groups in total. The molecular weight excluding hydrogens is 261 g/mol. The molecule has 0 amide bonds. The molecule has 3 rings (SSSR count). The molecule has 0 aliphatic heterocycles. The lowest BCUT2D eigenvalue weighted by molar-refractivity contribution is 0.624. The van der Waals surface area contributed by atoms with E-state index < -0.39 is 5.82 Å². The second kappa shape index (κ2) is 5.60. The molecule has 1 nitrogen and oxygen atoms in total. The van der Waals surface area contributed by atoms with Gasteiger partial charge >= 0.3 is 0 Å². The highest BCUT2D eigenvalue weighted by atomic mass is 19.1. The van der Waals surface area contributed by atoms with Crippen molar-refractivity contribution >= 4 is 0 Å². The van der Waals surface area contributed by atoms with Crippen LogP contribution in [0, 0.1) is 17.1 Å². The van der Waals surface area contributed by atoms with Gasteiger partial charge in [0.1, 0.15) is 11.9 Å². The van der Waals surface area contributed by atoms with Gasteiger partial charge < -0.3 is 0 Å². The van der Waals surface area contributed by atoms with Crippen molar-refractivity contribution in [2.24, 2.45) is 0 Å². The average molecular weight is 273 g/mol. The van der Waals surface area contributed by atoms with Gasteiger partial charge in [-0.05, 0) is 34.4 Å². The molecule has 3 aromatic carbocycles. The Bertz CT molecular complexity index is 816. The highest BCUT2D eigenvalue weighted by Gasteiger charge is 2.09. The topological polar surface area (TPSA) is 23.8 Å². The highest BCUT2D eigenvalue weighted by molar-refractivity contribution is 5.83. The van der Waals surface area contributed by atoms with Crippen LogP contribution in [0.1, 0.15) is 5.56 Å². The number of hydrogen-bond acceptors (Lipinski definition) is 1. The van der Waals surface area contributed by atoms with Crippen LogP contribution >= 0.6 is 0 Å². The molecule has 21 heavy (non-hydrogen) atoms. The van der Waals surface area contributed by atoms with Crippen molar-refractivity contribution in [1.29, 1.82) is 5.26 Å². The highest BCUT2D eigenvalue weighted by Crippen LogP contribution is 2.32. The van der Waals surface area contributed by atoms with E-state index in [9.17, 15) is 4.39 Å². The van der Waals surface area contributed by atoms with Crippen molar-refractivity contribution in [3.63, 3.8) is 0 Å². The Labute approximate surface area is 122 Å². The molecule has 0 heterocycles. The molecule has 0 unspecified atom stereocenters. The Balaban J connectivity index is 2.16. The predicted octanol–water partition coefficient (Wildman–Crippen LogP) is 5.03. The van der Waals surface area contributed by atoms with E-state index in [2.05, 4.69) is 0 Å². The summed E-state index contributed by atoms with van der Waals surface area (Å²) in [6.07, 6.45) is 0. The molecule has 3 aromatic rings. The molecule has 100 valence electrons. The Kier molecular flexibility index (Phi) is 3.49. The van der Waals surface area contributed by atoms with E-state index in [0.29, 0.717) is 0 Å². The number of benzene rings is 3. The summed E-state index contributed by atoms with van der Waals surface area (Å²) >= 11 is 0. The number of nitriles is 1. The van der Waals surface area contributed by atoms with E-state index in [1.165, 1.54) is 12.1 Å². The normalized spacial score (nSPS) is 10.1. The van der Waals surface area contributed by atoms with Crippen LogP contribution in [-0.2, 0) is 0 Å². The second-order valence-electron chi connectivity index (χ2n) is 4.72. The summed E-state index contributed by atoms with van der Waals surface area (Å²) in [6.45, 7) is 0. The largest absolute Gasteiger partial charge is 0.206 e. The zero-order valence-corrected chi connectivity index (χ0v) is 11.3. The van der Waals surface area contributed by atoms with E-state index in [0.717, 1.165) is 22.3 Å². The molecule has 0 aliphatic carbocycles. The summed E-state index contributed by atoms with van der Waals surface area (Å²) in [5, 5.41) is 8.82. The zero-order chi connectivity index (χ0) is 14.7. The SMILES string of the molecule is N#Cc1ccc(-c2ccccc2-c2ccccc2)cc1F. The molecule has 0 radical (unpaired) electrons. The smallest absolute Gasteiger partial charge is 0.141 e. The van der Waals surface area contributed by atoms with E-state index >= 15 is 0 Å². The summed E-state index contributed by atoms with van der Waals surface area (Å²) in [5.74, 6) is -0.488. The van der Waals surface area contributed by atoms with Gasteiger partial charge in [-0.2, -0.15) is 5.26 Å². The third-order valence-electron chi connectivity index (χ3n) is 3.41. The lowest BCUT2D eigenvalue weighted by atomic mass is 9.94. The van der Waals surface area contributed by atoms with E-state index in [4.69, 9.17) is 5.26 Å². The summed E-state index contributed by atoms with van der Waals surface area (Å²) in [4.78, 5) is 0. The van der Waals surface area contributed by atoms with Gasteiger partial charge in [0.2, 0.25) is 0 Å². The summed E-state index contributed by atoms with van der Waals surface area (Å²) in [5.41, 5.74) is 3.91. The maximum atomic E-state index is 13.8. The molecular formula is C19H12FN. The summed E-state index contributed by atoms with van der Waals surface area (Å²) in [7, 11) is 0. The molecule has 2 heteroatoms. The van der Waals surface area contributed by atoms with Crippen LogP contribution in [0.2, 0.25) is 0 Å². The Morgan fingerprint density at radius 2 is 1.33 bits per heavy atom. The maximum Gasteiger partial charge on any atom is 0.141 e. The first kappa shape index (κ1) is 13.1. The molecule has 0 fully saturated rings. The van der Waals surface area contributed by atoms with Crippen LogP contribution in [0.25, 0.3) is 22.3 Å².